The summed E-state index contributed by atoms with van der Waals surface area (Å²) in [6, 6.07) is 13.3. The molecular formula is C30H46N2O12. The molecule has 0 fully saturated rings. The Balaban J connectivity index is 1.19. The number of hydrogen-bond donors (Lipinski definition) is 1. The largest absolute Gasteiger partial charge is 0.491 e. The molecule has 0 heterocycles. The van der Waals surface area contributed by atoms with Crippen molar-refractivity contribution >= 4 is 11.4 Å². The Morgan fingerprint density at radius 3 is 1.18 bits per heavy atom. The third-order valence-corrected chi connectivity index (χ3v) is 5.55. The van der Waals surface area contributed by atoms with Crippen molar-refractivity contribution in [1.29, 1.82) is 0 Å². The van der Waals surface area contributed by atoms with E-state index >= 15 is 0 Å². The summed E-state index contributed by atoms with van der Waals surface area (Å²) in [5.74, 6) is 1.22. The average Bonchev–Trinajstić information content (AvgIpc) is 3.03. The lowest BCUT2D eigenvalue weighted by Gasteiger charge is -2.10. The zero-order valence-electron chi connectivity index (χ0n) is 25.3. The Morgan fingerprint density at radius 1 is 0.477 bits per heavy atom. The molecule has 0 unspecified atom stereocenters. The summed E-state index contributed by atoms with van der Waals surface area (Å²) in [4.78, 5) is 10.2. The Bertz CT molecular complexity index is 967. The lowest BCUT2D eigenvalue weighted by Crippen LogP contribution is -2.15. The number of benzene rings is 2. The van der Waals surface area contributed by atoms with E-state index in [0.29, 0.717) is 136 Å². The zero-order valence-corrected chi connectivity index (χ0v) is 25.3. The van der Waals surface area contributed by atoms with E-state index in [0.717, 1.165) is 0 Å². The first-order chi connectivity index (χ1) is 21.7. The Labute approximate surface area is 258 Å². The molecule has 0 amide bonds. The van der Waals surface area contributed by atoms with Crippen LogP contribution in [0.5, 0.6) is 11.5 Å². The average molecular weight is 627 g/mol. The van der Waals surface area contributed by atoms with Gasteiger partial charge in [0.15, 0.2) is 0 Å². The van der Waals surface area contributed by atoms with E-state index in [4.69, 9.17) is 53.1 Å². The number of rotatable bonds is 30. The van der Waals surface area contributed by atoms with Gasteiger partial charge in [0.05, 0.1) is 116 Å². The fraction of sp³-hybridized carbons (Fsp3) is 0.600. The molecule has 0 spiro atoms. The van der Waals surface area contributed by atoms with Crippen LogP contribution in [0, 0.1) is 10.1 Å². The standard InChI is InChI=1S/C30H46N2O12/c31-29-3-1-2-4-30(29)44-26-24-42-22-20-40-18-16-38-14-12-36-10-9-35-11-13-37-15-17-39-19-21-41-23-25-43-28-7-5-27(6-8-28)32(33)34/h1-8H,9-26,31H2. The topological polar surface area (TPSA) is 161 Å². The maximum atomic E-state index is 10.6. The van der Waals surface area contributed by atoms with Crippen LogP contribution in [0.3, 0.4) is 0 Å². The highest BCUT2D eigenvalue weighted by Gasteiger charge is 2.04. The number of anilines is 1. The normalized spacial score (nSPS) is 11.1. The molecule has 248 valence electrons. The van der Waals surface area contributed by atoms with Crippen LogP contribution < -0.4 is 15.2 Å². The summed E-state index contributed by atoms with van der Waals surface area (Å²) < 4.78 is 54.6. The molecule has 0 bridgehead atoms. The predicted molar refractivity (Wildman–Crippen MR) is 161 cm³/mol. The number of hydrogen-bond acceptors (Lipinski definition) is 13. The van der Waals surface area contributed by atoms with Crippen molar-refractivity contribution in [3.63, 3.8) is 0 Å². The summed E-state index contributed by atoms with van der Waals surface area (Å²) in [7, 11) is 0. The minimum absolute atomic E-state index is 0.0252. The lowest BCUT2D eigenvalue weighted by atomic mass is 10.3. The van der Waals surface area contributed by atoms with Crippen LogP contribution >= 0.6 is 0 Å². The molecule has 0 saturated carbocycles. The molecule has 0 aromatic heterocycles. The number of non-ortho nitro benzene ring substituents is 1. The van der Waals surface area contributed by atoms with Gasteiger partial charge in [-0.3, -0.25) is 10.1 Å². The Kier molecular flexibility index (Phi) is 22.2. The highest BCUT2D eigenvalue weighted by atomic mass is 16.6. The summed E-state index contributed by atoms with van der Waals surface area (Å²) in [6.45, 7) is 8.31. The molecule has 2 aromatic carbocycles. The van der Waals surface area contributed by atoms with Crippen molar-refractivity contribution in [2.75, 3.05) is 125 Å². The van der Waals surface area contributed by atoms with Crippen LogP contribution in [-0.4, -0.2) is 124 Å². The van der Waals surface area contributed by atoms with Gasteiger partial charge in [0.25, 0.3) is 5.69 Å². The number of nitrogen functional groups attached to an aromatic ring is 1. The van der Waals surface area contributed by atoms with E-state index in [1.165, 1.54) is 12.1 Å². The van der Waals surface area contributed by atoms with Crippen molar-refractivity contribution in [2.45, 2.75) is 0 Å². The SMILES string of the molecule is Nc1ccccc1OCCOCCOCCOCCOCCOCCOCCOCCOCCOc1ccc([N+](=O)[O-])cc1. The van der Waals surface area contributed by atoms with Crippen LogP contribution in [0.15, 0.2) is 48.5 Å². The van der Waals surface area contributed by atoms with Gasteiger partial charge in [0.2, 0.25) is 0 Å². The van der Waals surface area contributed by atoms with E-state index in [1.54, 1.807) is 18.2 Å². The molecule has 2 aromatic rings. The molecule has 14 nitrogen and oxygen atoms in total. The Hall–Kier alpha value is -3.08. The van der Waals surface area contributed by atoms with Crippen molar-refractivity contribution in [1.82, 2.24) is 0 Å². The summed E-state index contributed by atoms with van der Waals surface area (Å²) in [5.41, 5.74) is 6.45. The maximum Gasteiger partial charge on any atom is 0.269 e. The molecule has 0 aliphatic rings. The highest BCUT2D eigenvalue weighted by molar-refractivity contribution is 5.51. The third kappa shape index (κ3) is 20.0. The lowest BCUT2D eigenvalue weighted by molar-refractivity contribution is -0.384. The zero-order chi connectivity index (χ0) is 31.3. The van der Waals surface area contributed by atoms with Gasteiger partial charge in [-0.05, 0) is 24.3 Å². The van der Waals surface area contributed by atoms with Gasteiger partial charge in [-0.1, -0.05) is 12.1 Å². The summed E-state index contributed by atoms with van der Waals surface area (Å²) in [5, 5.41) is 10.6. The molecule has 0 aliphatic carbocycles. The smallest absolute Gasteiger partial charge is 0.269 e. The summed E-state index contributed by atoms with van der Waals surface area (Å²) in [6.07, 6.45) is 0. The van der Waals surface area contributed by atoms with Gasteiger partial charge >= 0.3 is 0 Å². The Morgan fingerprint density at radius 2 is 0.818 bits per heavy atom. The number of nitro groups is 1. The van der Waals surface area contributed by atoms with Crippen LogP contribution in [0.25, 0.3) is 0 Å². The van der Waals surface area contributed by atoms with E-state index in [9.17, 15) is 10.1 Å². The van der Waals surface area contributed by atoms with E-state index in [-0.39, 0.29) is 5.69 Å². The molecule has 44 heavy (non-hydrogen) atoms. The molecule has 14 heteroatoms. The van der Waals surface area contributed by atoms with Crippen molar-refractivity contribution in [2.24, 2.45) is 0 Å². The van der Waals surface area contributed by atoms with E-state index in [1.807, 2.05) is 18.2 Å². The second-order valence-corrected chi connectivity index (χ2v) is 8.88. The van der Waals surface area contributed by atoms with Crippen molar-refractivity contribution < 1.29 is 52.3 Å². The number of para-hydroxylation sites is 2. The van der Waals surface area contributed by atoms with Gasteiger partial charge in [-0.15, -0.1) is 0 Å². The van der Waals surface area contributed by atoms with Gasteiger partial charge in [-0.25, -0.2) is 0 Å². The van der Waals surface area contributed by atoms with Crippen molar-refractivity contribution in [3.8, 4) is 11.5 Å². The number of nitrogens with zero attached hydrogens (tertiary/aromatic N) is 1. The van der Waals surface area contributed by atoms with E-state index < -0.39 is 4.92 Å². The molecule has 0 radical (unpaired) electrons. The predicted octanol–water partition coefficient (Wildman–Crippen LogP) is 2.77. The fourth-order valence-electron chi connectivity index (χ4n) is 3.35. The van der Waals surface area contributed by atoms with E-state index in [2.05, 4.69) is 0 Å². The van der Waals surface area contributed by atoms with Crippen LogP contribution in [0.4, 0.5) is 11.4 Å². The van der Waals surface area contributed by atoms with Crippen LogP contribution in [-0.2, 0) is 37.9 Å². The number of nitrogens with two attached hydrogens (primary N) is 1. The quantitative estimate of drug-likeness (QED) is 0.0584. The van der Waals surface area contributed by atoms with Gasteiger partial charge in [0, 0.05) is 12.1 Å². The van der Waals surface area contributed by atoms with Crippen LogP contribution in [0.1, 0.15) is 0 Å². The van der Waals surface area contributed by atoms with Gasteiger partial charge in [-0.2, -0.15) is 0 Å². The van der Waals surface area contributed by atoms with Crippen LogP contribution in [0.2, 0.25) is 0 Å². The first kappa shape index (κ1) is 37.1. The molecule has 2 N–H and O–H groups in total. The monoisotopic (exact) mass is 626 g/mol. The minimum atomic E-state index is -0.453. The second kappa shape index (κ2) is 26.3. The fourth-order valence-corrected chi connectivity index (χ4v) is 3.35. The first-order valence-electron chi connectivity index (χ1n) is 14.6. The highest BCUT2D eigenvalue weighted by Crippen LogP contribution is 2.19. The molecule has 0 aliphatic heterocycles. The number of nitro benzene ring substituents is 1. The summed E-state index contributed by atoms with van der Waals surface area (Å²) >= 11 is 0. The molecule has 2 rings (SSSR count). The van der Waals surface area contributed by atoms with Gasteiger partial charge < -0.3 is 53.1 Å². The van der Waals surface area contributed by atoms with Gasteiger partial charge in [0.1, 0.15) is 24.7 Å². The molecule has 0 saturated heterocycles. The minimum Gasteiger partial charge on any atom is -0.491 e. The first-order valence-corrected chi connectivity index (χ1v) is 14.6. The second-order valence-electron chi connectivity index (χ2n) is 8.88. The van der Waals surface area contributed by atoms with Crippen molar-refractivity contribution in [3.05, 3.63) is 58.6 Å². The molecular weight excluding hydrogens is 580 g/mol. The number of ether oxygens (including phenoxy) is 10. The third-order valence-electron chi connectivity index (χ3n) is 5.55. The molecule has 0 atom stereocenters. The maximum absolute atomic E-state index is 10.6.